The van der Waals surface area contributed by atoms with Gasteiger partial charge in [-0.2, -0.15) is 0 Å². The van der Waals surface area contributed by atoms with Gasteiger partial charge in [0.2, 0.25) is 5.91 Å². The standard InChI is InChI=1S/C60H105NO13/c1-3-5-7-9-11-13-15-17-19-21-23-24-26-28-30-32-34-36-38-40-42-44-52(65)61-48(49(64)43-41-39-37-35-33-31-29-27-25-22-20-18-16-14-12-10-8-6-4-2)47-71-59-57(70)55(68)58(51(46-63)73-59)74-60-56(69)54(67)53(66)50(45-62)72-60/h5,7,11,13,17,19,23-24,28,30,41,43,48-51,53-60,62-64,66-70H,3-4,6,8-10,12,14-16,18,20-22,25-27,29,31-40,42,44-47H2,1-2H3,(H,61,65)/b7-5-,13-11-,19-17-,24-23-,30-28-,43-41+. The highest BCUT2D eigenvalue weighted by molar-refractivity contribution is 5.76. The highest BCUT2D eigenvalue weighted by Gasteiger charge is 2.51. The zero-order valence-electron chi connectivity index (χ0n) is 45.8. The summed E-state index contributed by atoms with van der Waals surface area (Å²) in [6.07, 6.45) is 42.1. The van der Waals surface area contributed by atoms with Crippen LogP contribution in [0.4, 0.5) is 0 Å². The van der Waals surface area contributed by atoms with Crippen LogP contribution < -0.4 is 5.32 Å². The van der Waals surface area contributed by atoms with Gasteiger partial charge in [-0.1, -0.05) is 209 Å². The Hall–Kier alpha value is -2.57. The molecule has 2 fully saturated rings. The molecule has 1 amide bonds. The predicted octanol–water partition coefficient (Wildman–Crippen LogP) is 9.55. The van der Waals surface area contributed by atoms with Gasteiger partial charge in [-0.25, -0.2) is 0 Å². The summed E-state index contributed by atoms with van der Waals surface area (Å²) < 4.78 is 22.8. The maximum atomic E-state index is 13.2. The SMILES string of the molecule is CC/C=C\C/C=C\C/C=C\C/C=C\C/C=C\CCCCCCCC(=O)NC(COC1OC(CO)C(OC2OC(CO)C(O)C(O)C2O)C(O)C1O)C(O)/C=C/CCCCCCCCCCCCCCCCCCC. The second kappa shape index (κ2) is 45.4. The van der Waals surface area contributed by atoms with E-state index in [-0.39, 0.29) is 18.9 Å². The van der Waals surface area contributed by atoms with Crippen LogP contribution >= 0.6 is 0 Å². The lowest BCUT2D eigenvalue weighted by atomic mass is 9.97. The van der Waals surface area contributed by atoms with Gasteiger partial charge in [0.25, 0.3) is 0 Å². The number of hydrogen-bond donors (Lipinski definition) is 9. The molecular formula is C60H105NO13. The maximum absolute atomic E-state index is 13.2. The molecule has 12 unspecified atom stereocenters. The number of unbranched alkanes of at least 4 members (excludes halogenated alkanes) is 22. The van der Waals surface area contributed by atoms with Gasteiger partial charge in [-0.15, -0.1) is 0 Å². The van der Waals surface area contributed by atoms with E-state index >= 15 is 0 Å². The van der Waals surface area contributed by atoms with Crippen molar-refractivity contribution in [3.05, 3.63) is 72.9 Å². The number of aliphatic hydroxyl groups excluding tert-OH is 8. The third-order valence-corrected chi connectivity index (χ3v) is 13.9. The molecule has 0 bridgehead atoms. The summed E-state index contributed by atoms with van der Waals surface area (Å²) >= 11 is 0. The Kier molecular flexibility index (Phi) is 41.5. The number of nitrogens with one attached hydrogen (secondary N) is 1. The molecule has 0 aromatic rings. The van der Waals surface area contributed by atoms with Crippen molar-refractivity contribution in [3.63, 3.8) is 0 Å². The summed E-state index contributed by atoms with van der Waals surface area (Å²) in [6.45, 7) is 2.67. The molecule has 0 aliphatic carbocycles. The van der Waals surface area contributed by atoms with Crippen LogP contribution in [-0.4, -0.2) is 140 Å². The number of aliphatic hydroxyl groups is 8. The first-order valence-electron chi connectivity index (χ1n) is 29.2. The number of allylic oxidation sites excluding steroid dienone is 11. The van der Waals surface area contributed by atoms with Crippen molar-refractivity contribution in [3.8, 4) is 0 Å². The molecule has 2 heterocycles. The largest absolute Gasteiger partial charge is 0.394 e. The van der Waals surface area contributed by atoms with Crippen LogP contribution in [-0.2, 0) is 23.7 Å². The third kappa shape index (κ3) is 31.0. The van der Waals surface area contributed by atoms with Crippen molar-refractivity contribution in [2.75, 3.05) is 19.8 Å². The van der Waals surface area contributed by atoms with Crippen LogP contribution in [0.3, 0.4) is 0 Å². The number of rotatable bonds is 45. The van der Waals surface area contributed by atoms with Crippen molar-refractivity contribution >= 4 is 5.91 Å². The first kappa shape index (κ1) is 67.5. The van der Waals surface area contributed by atoms with Crippen molar-refractivity contribution in [1.82, 2.24) is 5.32 Å². The molecule has 0 radical (unpaired) electrons. The number of ether oxygens (including phenoxy) is 4. The van der Waals surface area contributed by atoms with E-state index in [1.54, 1.807) is 6.08 Å². The van der Waals surface area contributed by atoms with Gasteiger partial charge < -0.3 is 65.1 Å². The van der Waals surface area contributed by atoms with Gasteiger partial charge in [0.15, 0.2) is 12.6 Å². The van der Waals surface area contributed by atoms with Crippen LogP contribution in [0.15, 0.2) is 72.9 Å². The fourth-order valence-corrected chi connectivity index (χ4v) is 9.20. The third-order valence-electron chi connectivity index (χ3n) is 13.9. The first-order valence-corrected chi connectivity index (χ1v) is 29.2. The molecular weight excluding hydrogens is 943 g/mol. The smallest absolute Gasteiger partial charge is 0.220 e. The lowest BCUT2D eigenvalue weighted by Crippen LogP contribution is -2.65. The molecule has 2 aliphatic heterocycles. The Morgan fingerprint density at radius 3 is 1.43 bits per heavy atom. The number of hydrogen-bond acceptors (Lipinski definition) is 13. The number of amides is 1. The topological polar surface area (TPSA) is 228 Å². The van der Waals surface area contributed by atoms with E-state index < -0.39 is 86.8 Å². The molecule has 0 aromatic heterocycles. The van der Waals surface area contributed by atoms with E-state index in [1.165, 1.54) is 96.3 Å². The number of carbonyl (C=O) groups excluding carboxylic acids is 1. The Bertz CT molecular complexity index is 1520. The molecule has 428 valence electrons. The molecule has 14 nitrogen and oxygen atoms in total. The molecule has 74 heavy (non-hydrogen) atoms. The zero-order valence-corrected chi connectivity index (χ0v) is 45.8. The van der Waals surface area contributed by atoms with Crippen LogP contribution in [0.1, 0.15) is 206 Å². The Balaban J connectivity index is 1.80. The molecule has 0 saturated carbocycles. The average Bonchev–Trinajstić information content (AvgIpc) is 3.40. The molecule has 0 aromatic carbocycles. The lowest BCUT2D eigenvalue weighted by molar-refractivity contribution is -0.359. The second-order valence-corrected chi connectivity index (χ2v) is 20.4. The summed E-state index contributed by atoms with van der Waals surface area (Å²) in [5, 5.41) is 87.1. The summed E-state index contributed by atoms with van der Waals surface area (Å²) in [7, 11) is 0. The Labute approximate surface area is 447 Å². The van der Waals surface area contributed by atoms with E-state index in [0.29, 0.717) is 6.42 Å². The molecule has 9 N–H and O–H groups in total. The van der Waals surface area contributed by atoms with Gasteiger partial charge in [0, 0.05) is 6.42 Å². The van der Waals surface area contributed by atoms with E-state index in [0.717, 1.165) is 83.5 Å². The van der Waals surface area contributed by atoms with Crippen LogP contribution in [0.25, 0.3) is 0 Å². The van der Waals surface area contributed by atoms with Crippen molar-refractivity contribution in [2.24, 2.45) is 0 Å². The average molecular weight is 1050 g/mol. The van der Waals surface area contributed by atoms with Crippen LogP contribution in [0.5, 0.6) is 0 Å². The first-order chi connectivity index (χ1) is 36.1. The quantitative estimate of drug-likeness (QED) is 0.0205. The highest BCUT2D eigenvalue weighted by Crippen LogP contribution is 2.30. The van der Waals surface area contributed by atoms with E-state index in [2.05, 4.69) is 79.9 Å². The normalized spacial score (nSPS) is 25.8. The fraction of sp³-hybridized carbons (Fsp3) is 0.783. The van der Waals surface area contributed by atoms with E-state index in [1.807, 2.05) is 6.08 Å². The lowest BCUT2D eigenvalue weighted by Gasteiger charge is -2.46. The molecule has 12 atom stereocenters. The highest BCUT2D eigenvalue weighted by atomic mass is 16.7. The predicted molar refractivity (Wildman–Crippen MR) is 295 cm³/mol. The monoisotopic (exact) mass is 1050 g/mol. The van der Waals surface area contributed by atoms with Gasteiger partial charge >= 0.3 is 0 Å². The number of carbonyl (C=O) groups is 1. The summed E-state index contributed by atoms with van der Waals surface area (Å²) in [4.78, 5) is 13.2. The molecule has 2 saturated heterocycles. The fourth-order valence-electron chi connectivity index (χ4n) is 9.20. The molecule has 0 spiro atoms. The van der Waals surface area contributed by atoms with Gasteiger partial charge in [0.1, 0.15) is 48.8 Å². The minimum atomic E-state index is -1.79. The summed E-state index contributed by atoms with van der Waals surface area (Å²) in [5.74, 6) is -0.260. The maximum Gasteiger partial charge on any atom is 0.220 e. The second-order valence-electron chi connectivity index (χ2n) is 20.4. The van der Waals surface area contributed by atoms with Crippen molar-refractivity contribution in [2.45, 2.75) is 280 Å². The minimum Gasteiger partial charge on any atom is -0.394 e. The summed E-state index contributed by atoms with van der Waals surface area (Å²) in [5.41, 5.74) is 0. The van der Waals surface area contributed by atoms with Gasteiger partial charge in [-0.05, 0) is 64.2 Å². The van der Waals surface area contributed by atoms with E-state index in [9.17, 15) is 45.6 Å². The van der Waals surface area contributed by atoms with Gasteiger partial charge in [0.05, 0.1) is 32.0 Å². The van der Waals surface area contributed by atoms with Gasteiger partial charge in [-0.3, -0.25) is 4.79 Å². The van der Waals surface area contributed by atoms with Crippen molar-refractivity contribution in [1.29, 1.82) is 0 Å². The molecule has 2 aliphatic rings. The Morgan fingerprint density at radius 1 is 0.500 bits per heavy atom. The van der Waals surface area contributed by atoms with E-state index in [4.69, 9.17) is 18.9 Å². The minimum absolute atomic E-state index is 0.256. The Morgan fingerprint density at radius 2 is 0.932 bits per heavy atom. The van der Waals surface area contributed by atoms with Crippen LogP contribution in [0, 0.1) is 0 Å². The van der Waals surface area contributed by atoms with Crippen LogP contribution in [0.2, 0.25) is 0 Å². The van der Waals surface area contributed by atoms with Crippen molar-refractivity contribution < 1.29 is 64.6 Å². The zero-order chi connectivity index (χ0) is 53.9. The summed E-state index contributed by atoms with van der Waals surface area (Å²) in [6, 6.07) is -0.929. The molecule has 2 rings (SSSR count). The molecule has 14 heteroatoms.